The highest BCUT2D eigenvalue weighted by molar-refractivity contribution is 5.96. The summed E-state index contributed by atoms with van der Waals surface area (Å²) in [6.45, 7) is 4.27. The van der Waals surface area contributed by atoms with Gasteiger partial charge in [-0.15, -0.1) is 0 Å². The highest BCUT2D eigenvalue weighted by atomic mass is 16.5. The Kier molecular flexibility index (Phi) is 5.44. The minimum Gasteiger partial charge on any atom is -0.469 e. The fraction of sp³-hybridized carbons (Fsp3) is 0.526. The highest BCUT2D eigenvalue weighted by Crippen LogP contribution is 2.22. The van der Waals surface area contributed by atoms with Crippen molar-refractivity contribution in [3.63, 3.8) is 0 Å². The zero-order valence-electron chi connectivity index (χ0n) is 15.3. The fourth-order valence-electron chi connectivity index (χ4n) is 3.49. The van der Waals surface area contributed by atoms with Crippen molar-refractivity contribution in [1.29, 1.82) is 0 Å². The molecule has 3 amide bonds. The van der Waals surface area contributed by atoms with Crippen molar-refractivity contribution in [3.8, 4) is 0 Å². The smallest absolute Gasteiger partial charge is 0.325 e. The maximum atomic E-state index is 12.6. The van der Waals surface area contributed by atoms with Crippen LogP contribution < -0.4 is 4.90 Å². The van der Waals surface area contributed by atoms with Crippen molar-refractivity contribution in [2.24, 2.45) is 5.92 Å². The highest BCUT2D eigenvalue weighted by Gasteiger charge is 2.33. The molecule has 140 valence electrons. The summed E-state index contributed by atoms with van der Waals surface area (Å²) in [4.78, 5) is 41.7. The lowest BCUT2D eigenvalue weighted by Crippen LogP contribution is -2.46. The Labute approximate surface area is 153 Å². The summed E-state index contributed by atoms with van der Waals surface area (Å²) < 4.78 is 4.77. The average Bonchev–Trinajstić information content (AvgIpc) is 3.02. The number of hydrogen-bond acceptors (Lipinski definition) is 4. The van der Waals surface area contributed by atoms with E-state index in [1.165, 1.54) is 7.11 Å². The Balaban J connectivity index is 1.53. The van der Waals surface area contributed by atoms with E-state index in [2.05, 4.69) is 0 Å². The molecule has 0 aliphatic carbocycles. The van der Waals surface area contributed by atoms with Gasteiger partial charge in [-0.2, -0.15) is 0 Å². The molecule has 2 fully saturated rings. The number of amides is 3. The molecule has 0 unspecified atom stereocenters. The molecule has 0 atom stereocenters. The molecule has 2 aliphatic heterocycles. The average molecular weight is 359 g/mol. The summed E-state index contributed by atoms with van der Waals surface area (Å²) >= 11 is 0. The standard InChI is InChI=1S/C19H25N3O4/c1-14-3-5-16(6-4-14)22-12-11-21(19(22)25)13-17(23)20-9-7-15(8-10-20)18(24)26-2/h3-6,15H,7-13H2,1-2H3. The first-order valence-electron chi connectivity index (χ1n) is 8.98. The largest absolute Gasteiger partial charge is 0.469 e. The minimum atomic E-state index is -0.208. The first-order valence-corrected chi connectivity index (χ1v) is 8.98. The Morgan fingerprint density at radius 2 is 1.73 bits per heavy atom. The summed E-state index contributed by atoms with van der Waals surface area (Å²) in [5.74, 6) is -0.400. The number of methoxy groups -OCH3 is 1. The molecule has 1 aromatic rings. The molecule has 2 aliphatic rings. The molecule has 0 bridgehead atoms. The number of esters is 1. The molecule has 3 rings (SSSR count). The Hall–Kier alpha value is -2.57. The lowest BCUT2D eigenvalue weighted by molar-refractivity contribution is -0.148. The fourth-order valence-corrected chi connectivity index (χ4v) is 3.49. The molecular weight excluding hydrogens is 334 g/mol. The summed E-state index contributed by atoms with van der Waals surface area (Å²) in [6, 6.07) is 7.67. The van der Waals surface area contributed by atoms with Gasteiger partial charge < -0.3 is 14.5 Å². The number of hydrogen-bond donors (Lipinski definition) is 0. The number of piperidine rings is 1. The van der Waals surface area contributed by atoms with Crippen molar-refractivity contribution in [2.75, 3.05) is 44.7 Å². The van der Waals surface area contributed by atoms with E-state index in [0.29, 0.717) is 39.0 Å². The van der Waals surface area contributed by atoms with Crippen molar-refractivity contribution < 1.29 is 19.1 Å². The predicted octanol–water partition coefficient (Wildman–Crippen LogP) is 1.65. The second kappa shape index (κ2) is 7.76. The van der Waals surface area contributed by atoms with Crippen LogP contribution in [-0.2, 0) is 14.3 Å². The molecule has 2 saturated heterocycles. The topological polar surface area (TPSA) is 70.2 Å². The van der Waals surface area contributed by atoms with Gasteiger partial charge in [-0.25, -0.2) is 4.79 Å². The van der Waals surface area contributed by atoms with E-state index in [9.17, 15) is 14.4 Å². The maximum absolute atomic E-state index is 12.6. The van der Waals surface area contributed by atoms with E-state index in [1.807, 2.05) is 31.2 Å². The number of benzene rings is 1. The van der Waals surface area contributed by atoms with E-state index in [1.54, 1.807) is 14.7 Å². The third-order valence-corrected chi connectivity index (χ3v) is 5.15. The quantitative estimate of drug-likeness (QED) is 0.767. The number of likely N-dealkylation sites (tertiary alicyclic amines) is 1. The predicted molar refractivity (Wildman–Crippen MR) is 96.8 cm³/mol. The lowest BCUT2D eigenvalue weighted by atomic mass is 9.97. The van der Waals surface area contributed by atoms with Gasteiger partial charge in [-0.3, -0.25) is 14.5 Å². The van der Waals surface area contributed by atoms with Crippen molar-refractivity contribution in [3.05, 3.63) is 29.8 Å². The van der Waals surface area contributed by atoms with Gasteiger partial charge in [0.1, 0.15) is 6.54 Å². The van der Waals surface area contributed by atoms with Crippen LogP contribution in [0.15, 0.2) is 24.3 Å². The van der Waals surface area contributed by atoms with E-state index in [0.717, 1.165) is 11.3 Å². The molecule has 0 N–H and O–H groups in total. The molecule has 1 aromatic carbocycles. The van der Waals surface area contributed by atoms with Crippen LogP contribution in [0.25, 0.3) is 0 Å². The Bertz CT molecular complexity index is 681. The number of ether oxygens (including phenoxy) is 1. The number of aryl methyl sites for hydroxylation is 1. The van der Waals surface area contributed by atoms with Crippen molar-refractivity contribution >= 4 is 23.6 Å². The second-order valence-electron chi connectivity index (χ2n) is 6.87. The third kappa shape index (κ3) is 3.81. The molecule has 7 nitrogen and oxygen atoms in total. The summed E-state index contributed by atoms with van der Waals surface area (Å²) in [5.41, 5.74) is 2.00. The summed E-state index contributed by atoms with van der Waals surface area (Å²) in [7, 11) is 1.39. The first-order chi connectivity index (χ1) is 12.5. The Morgan fingerprint density at radius 1 is 1.08 bits per heavy atom. The monoisotopic (exact) mass is 359 g/mol. The number of nitrogens with zero attached hydrogens (tertiary/aromatic N) is 3. The van der Waals surface area contributed by atoms with Crippen molar-refractivity contribution in [2.45, 2.75) is 19.8 Å². The van der Waals surface area contributed by atoms with E-state index in [-0.39, 0.29) is 30.4 Å². The maximum Gasteiger partial charge on any atom is 0.325 e. The van der Waals surface area contributed by atoms with Crippen LogP contribution in [0.4, 0.5) is 10.5 Å². The second-order valence-corrected chi connectivity index (χ2v) is 6.87. The number of anilines is 1. The van der Waals surface area contributed by atoms with Crippen LogP contribution in [0.5, 0.6) is 0 Å². The molecule has 0 aromatic heterocycles. The van der Waals surface area contributed by atoms with E-state index >= 15 is 0 Å². The molecule has 2 heterocycles. The zero-order chi connectivity index (χ0) is 18.7. The third-order valence-electron chi connectivity index (χ3n) is 5.15. The number of rotatable bonds is 4. The van der Waals surface area contributed by atoms with Gasteiger partial charge in [-0.1, -0.05) is 17.7 Å². The van der Waals surface area contributed by atoms with Crippen LogP contribution in [0.2, 0.25) is 0 Å². The van der Waals surface area contributed by atoms with Crippen LogP contribution in [0.1, 0.15) is 18.4 Å². The van der Waals surface area contributed by atoms with Gasteiger partial charge in [0, 0.05) is 31.9 Å². The van der Waals surface area contributed by atoms with Gasteiger partial charge in [0.25, 0.3) is 0 Å². The number of carbonyl (C=O) groups is 3. The normalized spacial score (nSPS) is 18.4. The van der Waals surface area contributed by atoms with Crippen LogP contribution in [0, 0.1) is 12.8 Å². The van der Waals surface area contributed by atoms with Crippen molar-refractivity contribution in [1.82, 2.24) is 9.80 Å². The summed E-state index contributed by atoms with van der Waals surface area (Å²) in [5, 5.41) is 0. The minimum absolute atomic E-state index is 0.0626. The summed E-state index contributed by atoms with van der Waals surface area (Å²) in [6.07, 6.45) is 1.23. The number of urea groups is 1. The van der Waals surface area contributed by atoms with Gasteiger partial charge in [0.05, 0.1) is 13.0 Å². The molecule has 26 heavy (non-hydrogen) atoms. The van der Waals surface area contributed by atoms with E-state index < -0.39 is 0 Å². The first kappa shape index (κ1) is 18.2. The zero-order valence-corrected chi connectivity index (χ0v) is 15.3. The van der Waals surface area contributed by atoms with Crippen LogP contribution in [-0.4, -0.2) is 67.5 Å². The van der Waals surface area contributed by atoms with E-state index in [4.69, 9.17) is 4.74 Å². The molecule has 7 heteroatoms. The molecule has 0 spiro atoms. The van der Waals surface area contributed by atoms with Crippen LogP contribution >= 0.6 is 0 Å². The molecule has 0 saturated carbocycles. The van der Waals surface area contributed by atoms with Gasteiger partial charge in [0.2, 0.25) is 5.91 Å². The van der Waals surface area contributed by atoms with Crippen LogP contribution in [0.3, 0.4) is 0 Å². The SMILES string of the molecule is COC(=O)C1CCN(C(=O)CN2CCN(c3ccc(C)cc3)C2=O)CC1. The molecular formula is C19H25N3O4. The van der Waals surface area contributed by atoms with Gasteiger partial charge in [0.15, 0.2) is 0 Å². The lowest BCUT2D eigenvalue weighted by Gasteiger charge is -2.31. The number of carbonyl (C=O) groups excluding carboxylic acids is 3. The Morgan fingerprint density at radius 3 is 2.35 bits per heavy atom. The van der Waals surface area contributed by atoms with Gasteiger partial charge >= 0.3 is 12.0 Å². The van der Waals surface area contributed by atoms with Gasteiger partial charge in [-0.05, 0) is 31.9 Å². The molecule has 0 radical (unpaired) electrons.